The minimum atomic E-state index is -0.987. The molecule has 0 saturated heterocycles. The number of carbonyl (C=O) groups is 2. The van der Waals surface area contributed by atoms with Gasteiger partial charge < -0.3 is 10.4 Å². The van der Waals surface area contributed by atoms with Crippen LogP contribution in [0.2, 0.25) is 0 Å². The van der Waals surface area contributed by atoms with Crippen LogP contribution in [-0.4, -0.2) is 22.5 Å². The lowest BCUT2D eigenvalue weighted by molar-refractivity contribution is -0.123. The van der Waals surface area contributed by atoms with Gasteiger partial charge in [0.2, 0.25) is 5.91 Å². The highest BCUT2D eigenvalue weighted by atomic mass is 19.1. The highest BCUT2D eigenvalue weighted by Gasteiger charge is 2.38. The van der Waals surface area contributed by atoms with Crippen molar-refractivity contribution in [2.24, 2.45) is 0 Å². The van der Waals surface area contributed by atoms with Gasteiger partial charge >= 0.3 is 5.97 Å². The number of carboxylic acid groups (broad SMARTS) is 1. The van der Waals surface area contributed by atoms with E-state index in [1.165, 1.54) is 24.3 Å². The topological polar surface area (TPSA) is 66.4 Å². The largest absolute Gasteiger partial charge is 0.478 e. The molecular formula is C20H20FNO3. The van der Waals surface area contributed by atoms with E-state index in [0.717, 1.165) is 30.4 Å². The Morgan fingerprint density at radius 3 is 2.36 bits per heavy atom. The molecule has 2 N–H and O–H groups in total. The summed E-state index contributed by atoms with van der Waals surface area (Å²) in [6.45, 7) is 0. The maximum atomic E-state index is 13.4. The van der Waals surface area contributed by atoms with Crippen molar-refractivity contribution in [3.05, 3.63) is 71.0 Å². The van der Waals surface area contributed by atoms with E-state index in [4.69, 9.17) is 5.11 Å². The summed E-state index contributed by atoms with van der Waals surface area (Å²) in [6, 6.07) is 12.8. The van der Waals surface area contributed by atoms with E-state index in [2.05, 4.69) is 5.32 Å². The minimum Gasteiger partial charge on any atom is -0.478 e. The summed E-state index contributed by atoms with van der Waals surface area (Å²) >= 11 is 0. The van der Waals surface area contributed by atoms with Crippen LogP contribution in [0.25, 0.3) is 0 Å². The summed E-state index contributed by atoms with van der Waals surface area (Å²) in [7, 11) is 0. The molecule has 1 amide bonds. The Hall–Kier alpha value is -2.69. The Morgan fingerprint density at radius 1 is 1.08 bits per heavy atom. The average Bonchev–Trinajstić information content (AvgIpc) is 2.53. The minimum absolute atomic E-state index is 0.0980. The number of hydrogen-bond acceptors (Lipinski definition) is 2. The molecule has 0 atom stereocenters. The van der Waals surface area contributed by atoms with Gasteiger partial charge in [0.25, 0.3) is 0 Å². The van der Waals surface area contributed by atoms with Gasteiger partial charge in [-0.1, -0.05) is 24.3 Å². The van der Waals surface area contributed by atoms with Crippen molar-refractivity contribution in [2.45, 2.75) is 37.6 Å². The Labute approximate surface area is 145 Å². The molecule has 0 aromatic heterocycles. The molecule has 1 fully saturated rings. The Balaban J connectivity index is 1.63. The van der Waals surface area contributed by atoms with E-state index in [1.54, 1.807) is 18.2 Å². The monoisotopic (exact) mass is 341 g/mol. The van der Waals surface area contributed by atoms with Crippen LogP contribution in [0.3, 0.4) is 0 Å². The first-order valence-electron chi connectivity index (χ1n) is 8.33. The summed E-state index contributed by atoms with van der Waals surface area (Å²) < 4.78 is 13.4. The van der Waals surface area contributed by atoms with E-state index in [0.29, 0.717) is 6.42 Å². The fraction of sp³-hybridized carbons (Fsp3) is 0.300. The lowest BCUT2D eigenvalue weighted by atomic mass is 9.72. The predicted molar refractivity (Wildman–Crippen MR) is 91.9 cm³/mol. The second-order valence-electron chi connectivity index (χ2n) is 6.67. The quantitative estimate of drug-likeness (QED) is 0.847. The fourth-order valence-electron chi connectivity index (χ4n) is 3.28. The maximum absolute atomic E-state index is 13.4. The van der Waals surface area contributed by atoms with Crippen molar-refractivity contribution in [3.8, 4) is 0 Å². The number of carboxylic acids is 1. The molecule has 2 aromatic carbocycles. The molecule has 0 heterocycles. The Bertz CT molecular complexity index is 782. The van der Waals surface area contributed by atoms with Crippen molar-refractivity contribution in [1.29, 1.82) is 0 Å². The fourth-order valence-corrected chi connectivity index (χ4v) is 3.28. The van der Waals surface area contributed by atoms with E-state index in [-0.39, 0.29) is 29.2 Å². The number of carbonyl (C=O) groups excluding carboxylic acids is 1. The van der Waals surface area contributed by atoms with Crippen molar-refractivity contribution in [1.82, 2.24) is 5.32 Å². The molecule has 130 valence electrons. The highest BCUT2D eigenvalue weighted by Crippen LogP contribution is 2.35. The van der Waals surface area contributed by atoms with Crippen LogP contribution in [0.4, 0.5) is 4.39 Å². The zero-order valence-electron chi connectivity index (χ0n) is 13.8. The molecule has 3 rings (SSSR count). The second-order valence-corrected chi connectivity index (χ2v) is 6.67. The summed E-state index contributed by atoms with van der Waals surface area (Å²) in [4.78, 5) is 23.3. The number of amides is 1. The number of halogens is 1. The Kier molecular flexibility index (Phi) is 4.83. The normalized spacial score (nSPS) is 15.2. The molecule has 0 radical (unpaired) electrons. The van der Waals surface area contributed by atoms with Crippen LogP contribution in [0.1, 0.15) is 40.7 Å². The third-order valence-electron chi connectivity index (χ3n) is 4.71. The standard InChI is InChI=1S/C20H20FNO3/c21-17-4-1-3-15(11-17)13-20(9-2-10-20)22-18(23)12-14-5-7-16(8-6-14)19(24)25/h1,3-8,11H,2,9-10,12-13H2,(H,22,23)(H,24,25). The zero-order valence-corrected chi connectivity index (χ0v) is 13.8. The molecule has 2 aromatic rings. The third kappa shape index (κ3) is 4.24. The molecule has 0 unspecified atom stereocenters. The van der Waals surface area contributed by atoms with Crippen molar-refractivity contribution in [2.75, 3.05) is 0 Å². The summed E-state index contributed by atoms with van der Waals surface area (Å²) in [5.41, 5.74) is 1.55. The van der Waals surface area contributed by atoms with Gasteiger partial charge in [-0.05, 0) is 61.1 Å². The van der Waals surface area contributed by atoms with Crippen LogP contribution in [0.15, 0.2) is 48.5 Å². The molecule has 5 heteroatoms. The third-order valence-corrected chi connectivity index (χ3v) is 4.71. The summed E-state index contributed by atoms with van der Waals surface area (Å²) in [5.74, 6) is -1.35. The van der Waals surface area contributed by atoms with Crippen LogP contribution in [0.5, 0.6) is 0 Å². The van der Waals surface area contributed by atoms with Gasteiger partial charge in [-0.3, -0.25) is 4.79 Å². The van der Waals surface area contributed by atoms with Crippen molar-refractivity contribution < 1.29 is 19.1 Å². The van der Waals surface area contributed by atoms with Gasteiger partial charge in [-0.2, -0.15) is 0 Å². The van der Waals surface area contributed by atoms with Gasteiger partial charge in [0.1, 0.15) is 5.82 Å². The molecule has 0 spiro atoms. The summed E-state index contributed by atoms with van der Waals surface area (Å²) in [5, 5.41) is 12.0. The van der Waals surface area contributed by atoms with Crippen LogP contribution >= 0.6 is 0 Å². The SMILES string of the molecule is O=C(Cc1ccc(C(=O)O)cc1)NC1(Cc2cccc(F)c2)CCC1. The first-order valence-corrected chi connectivity index (χ1v) is 8.33. The molecule has 0 aliphatic heterocycles. The smallest absolute Gasteiger partial charge is 0.335 e. The molecule has 1 saturated carbocycles. The summed E-state index contributed by atoms with van der Waals surface area (Å²) in [6.07, 6.45) is 3.63. The van der Waals surface area contributed by atoms with Gasteiger partial charge in [0, 0.05) is 5.54 Å². The first kappa shape index (κ1) is 17.1. The van der Waals surface area contributed by atoms with Crippen LogP contribution in [-0.2, 0) is 17.6 Å². The predicted octanol–water partition coefficient (Wildman–Crippen LogP) is 3.35. The molecule has 1 aliphatic carbocycles. The highest BCUT2D eigenvalue weighted by molar-refractivity contribution is 5.87. The second kappa shape index (κ2) is 7.05. The first-order chi connectivity index (χ1) is 12.0. The van der Waals surface area contributed by atoms with Gasteiger partial charge in [-0.25, -0.2) is 9.18 Å². The van der Waals surface area contributed by atoms with Gasteiger partial charge in [-0.15, -0.1) is 0 Å². The van der Waals surface area contributed by atoms with E-state index >= 15 is 0 Å². The van der Waals surface area contributed by atoms with E-state index < -0.39 is 5.97 Å². The average molecular weight is 341 g/mol. The van der Waals surface area contributed by atoms with Crippen LogP contribution in [0, 0.1) is 5.82 Å². The molecular weight excluding hydrogens is 321 g/mol. The van der Waals surface area contributed by atoms with E-state index in [1.807, 2.05) is 6.07 Å². The van der Waals surface area contributed by atoms with Gasteiger partial charge in [0.15, 0.2) is 0 Å². The van der Waals surface area contributed by atoms with E-state index in [9.17, 15) is 14.0 Å². The lowest BCUT2D eigenvalue weighted by Crippen LogP contribution is -2.55. The zero-order chi connectivity index (χ0) is 17.9. The van der Waals surface area contributed by atoms with Crippen molar-refractivity contribution in [3.63, 3.8) is 0 Å². The number of nitrogens with one attached hydrogen (secondary N) is 1. The Morgan fingerprint density at radius 2 is 1.80 bits per heavy atom. The van der Waals surface area contributed by atoms with Gasteiger partial charge in [0.05, 0.1) is 12.0 Å². The number of hydrogen-bond donors (Lipinski definition) is 2. The van der Waals surface area contributed by atoms with Crippen molar-refractivity contribution >= 4 is 11.9 Å². The van der Waals surface area contributed by atoms with Crippen LogP contribution < -0.4 is 5.32 Å². The molecule has 4 nitrogen and oxygen atoms in total. The molecule has 1 aliphatic rings. The lowest BCUT2D eigenvalue weighted by Gasteiger charge is -2.43. The maximum Gasteiger partial charge on any atom is 0.335 e. The number of benzene rings is 2. The number of rotatable bonds is 6. The molecule has 0 bridgehead atoms. The number of aromatic carboxylic acids is 1. The molecule has 25 heavy (non-hydrogen) atoms.